The van der Waals surface area contributed by atoms with Gasteiger partial charge in [0.15, 0.2) is 17.0 Å². The first-order valence-electron chi connectivity index (χ1n) is 9.66. The topological polar surface area (TPSA) is 118 Å². The average molecular weight is 423 g/mol. The summed E-state index contributed by atoms with van der Waals surface area (Å²) in [5.74, 6) is -0.982. The number of carbonyl (C=O) groups is 3. The van der Waals surface area contributed by atoms with E-state index < -0.39 is 17.4 Å². The molecular weight excluding hydrogens is 402 g/mol. The number of ether oxygens (including phenoxy) is 2. The molecular formula is C22H21N3O6. The summed E-state index contributed by atoms with van der Waals surface area (Å²) in [7, 11) is 3.05. The third kappa shape index (κ3) is 3.27. The van der Waals surface area contributed by atoms with Gasteiger partial charge in [0.25, 0.3) is 5.91 Å². The number of nitrogens with one attached hydrogen (secondary N) is 1. The summed E-state index contributed by atoms with van der Waals surface area (Å²) < 4.78 is 10.6. The summed E-state index contributed by atoms with van der Waals surface area (Å²) in [6, 6.07) is 12.3. The van der Waals surface area contributed by atoms with Gasteiger partial charge in [-0.25, -0.2) is 5.01 Å². The number of carboxylic acids is 1. The average Bonchev–Trinajstić information content (AvgIpc) is 3.31. The maximum atomic E-state index is 13.2. The number of para-hydroxylation sites is 1. The number of amides is 2. The molecule has 0 radical (unpaired) electrons. The molecule has 1 atom stereocenters. The van der Waals surface area contributed by atoms with Crippen molar-refractivity contribution >= 4 is 29.2 Å². The zero-order valence-corrected chi connectivity index (χ0v) is 17.0. The predicted octanol–water partition coefficient (Wildman–Crippen LogP) is 2.35. The molecule has 0 unspecified atom stereocenters. The smallest absolute Gasteiger partial charge is 0.303 e. The van der Waals surface area contributed by atoms with Gasteiger partial charge in [-0.15, -0.1) is 0 Å². The highest BCUT2D eigenvalue weighted by atomic mass is 16.5. The molecule has 2 N–H and O–H groups in total. The highest BCUT2D eigenvalue weighted by Crippen LogP contribution is 2.47. The van der Waals surface area contributed by atoms with Gasteiger partial charge in [-0.1, -0.05) is 18.2 Å². The number of carboxylic acid groups (broad SMARTS) is 1. The number of fused-ring (bicyclic) bond motifs is 2. The van der Waals surface area contributed by atoms with E-state index in [1.807, 2.05) is 0 Å². The molecule has 0 saturated carbocycles. The fourth-order valence-corrected chi connectivity index (χ4v) is 4.01. The zero-order valence-electron chi connectivity index (χ0n) is 17.0. The maximum Gasteiger partial charge on any atom is 0.303 e. The number of methoxy groups -OCH3 is 2. The van der Waals surface area contributed by atoms with E-state index in [2.05, 4.69) is 10.4 Å². The lowest BCUT2D eigenvalue weighted by Gasteiger charge is -2.30. The van der Waals surface area contributed by atoms with Gasteiger partial charge < -0.3 is 19.9 Å². The Balaban J connectivity index is 1.80. The van der Waals surface area contributed by atoms with E-state index in [0.29, 0.717) is 34.0 Å². The van der Waals surface area contributed by atoms with Crippen molar-refractivity contribution in [3.8, 4) is 11.5 Å². The lowest BCUT2D eigenvalue weighted by Crippen LogP contribution is -2.48. The number of carbonyl (C=O) groups excluding carboxylic acids is 2. The molecule has 2 heterocycles. The van der Waals surface area contributed by atoms with Crippen LogP contribution in [-0.2, 0) is 19.9 Å². The van der Waals surface area contributed by atoms with Crippen LogP contribution in [0.2, 0.25) is 0 Å². The number of hydrogen-bond acceptors (Lipinski definition) is 6. The second kappa shape index (κ2) is 7.75. The normalized spacial score (nSPS) is 19.1. The van der Waals surface area contributed by atoms with Crippen LogP contribution in [0.5, 0.6) is 11.5 Å². The van der Waals surface area contributed by atoms with Crippen LogP contribution in [0.25, 0.3) is 0 Å². The lowest BCUT2D eigenvalue weighted by atomic mass is 9.84. The molecule has 2 amide bonds. The monoisotopic (exact) mass is 423 g/mol. The Labute approximate surface area is 178 Å². The summed E-state index contributed by atoms with van der Waals surface area (Å²) in [5, 5.41) is 17.5. The van der Waals surface area contributed by atoms with Crippen molar-refractivity contribution in [3.63, 3.8) is 0 Å². The lowest BCUT2D eigenvalue weighted by molar-refractivity contribution is -0.146. The molecule has 0 saturated heterocycles. The SMILES string of the molecule is COc1ccc(C2=NN(C(=O)CCC(=O)O)[C@]3(C2)C(=O)Nc2ccccc23)cc1OC. The van der Waals surface area contributed by atoms with Gasteiger partial charge in [0.1, 0.15) is 0 Å². The van der Waals surface area contributed by atoms with Gasteiger partial charge in [-0.05, 0) is 24.3 Å². The van der Waals surface area contributed by atoms with Crippen molar-refractivity contribution in [2.75, 3.05) is 19.5 Å². The Bertz CT molecular complexity index is 1110. The van der Waals surface area contributed by atoms with E-state index in [0.717, 1.165) is 5.01 Å². The third-order valence-electron chi connectivity index (χ3n) is 5.51. The largest absolute Gasteiger partial charge is 0.493 e. The van der Waals surface area contributed by atoms with Crippen LogP contribution in [0, 0.1) is 0 Å². The maximum absolute atomic E-state index is 13.2. The van der Waals surface area contributed by atoms with Crippen molar-refractivity contribution in [1.29, 1.82) is 0 Å². The van der Waals surface area contributed by atoms with Crippen LogP contribution in [0.4, 0.5) is 5.69 Å². The van der Waals surface area contributed by atoms with Crippen LogP contribution >= 0.6 is 0 Å². The van der Waals surface area contributed by atoms with E-state index in [1.165, 1.54) is 14.2 Å². The van der Waals surface area contributed by atoms with E-state index >= 15 is 0 Å². The Hall–Kier alpha value is -3.88. The number of anilines is 1. The molecule has 2 aromatic rings. The van der Waals surface area contributed by atoms with Gasteiger partial charge in [-0.3, -0.25) is 14.4 Å². The molecule has 2 aliphatic heterocycles. The summed E-state index contributed by atoms with van der Waals surface area (Å²) >= 11 is 0. The van der Waals surface area contributed by atoms with Gasteiger partial charge in [0.05, 0.1) is 26.4 Å². The minimum Gasteiger partial charge on any atom is -0.493 e. The Morgan fingerprint density at radius 3 is 2.58 bits per heavy atom. The fraction of sp³-hybridized carbons (Fsp3) is 0.273. The van der Waals surface area contributed by atoms with Crippen molar-refractivity contribution in [2.45, 2.75) is 24.8 Å². The van der Waals surface area contributed by atoms with Crippen LogP contribution in [0.3, 0.4) is 0 Å². The number of nitrogens with zero attached hydrogens (tertiary/aromatic N) is 2. The Morgan fingerprint density at radius 1 is 1.13 bits per heavy atom. The number of rotatable bonds is 6. The Morgan fingerprint density at radius 2 is 1.87 bits per heavy atom. The number of aliphatic carboxylic acids is 1. The molecule has 31 heavy (non-hydrogen) atoms. The highest BCUT2D eigenvalue weighted by molar-refractivity contribution is 6.15. The van der Waals surface area contributed by atoms with E-state index in [1.54, 1.807) is 42.5 Å². The second-order valence-corrected chi connectivity index (χ2v) is 7.25. The Kier molecular flexibility index (Phi) is 5.10. The van der Waals surface area contributed by atoms with Crippen molar-refractivity contribution in [3.05, 3.63) is 53.6 Å². The summed E-state index contributed by atoms with van der Waals surface area (Å²) in [6.45, 7) is 0. The molecule has 1 spiro atoms. The van der Waals surface area contributed by atoms with Crippen LogP contribution in [-0.4, -0.2) is 47.8 Å². The first-order chi connectivity index (χ1) is 14.9. The molecule has 0 fully saturated rings. The molecule has 9 nitrogen and oxygen atoms in total. The summed E-state index contributed by atoms with van der Waals surface area (Å²) in [6.07, 6.45) is -0.477. The second-order valence-electron chi connectivity index (χ2n) is 7.25. The minimum absolute atomic E-state index is 0.143. The number of benzene rings is 2. The number of hydrogen-bond donors (Lipinski definition) is 2. The standard InChI is InChI=1S/C22H21N3O6/c1-30-17-8-7-13(11-18(17)31-2)16-12-22(25(24-16)19(26)9-10-20(27)28)14-5-3-4-6-15(14)23-21(22)29/h3-8,11H,9-10,12H2,1-2H3,(H,23,29)(H,27,28)/t22-/m0/s1. The molecule has 4 rings (SSSR count). The van der Waals surface area contributed by atoms with E-state index in [9.17, 15) is 14.4 Å². The predicted molar refractivity (Wildman–Crippen MR) is 111 cm³/mol. The molecule has 160 valence electrons. The van der Waals surface area contributed by atoms with Crippen molar-refractivity contribution < 1.29 is 29.0 Å². The van der Waals surface area contributed by atoms with Gasteiger partial charge in [0, 0.05) is 29.7 Å². The molecule has 9 heteroatoms. The highest BCUT2D eigenvalue weighted by Gasteiger charge is 2.57. The van der Waals surface area contributed by atoms with Crippen LogP contribution in [0.15, 0.2) is 47.6 Å². The van der Waals surface area contributed by atoms with Gasteiger partial charge in [-0.2, -0.15) is 5.10 Å². The van der Waals surface area contributed by atoms with Gasteiger partial charge >= 0.3 is 5.97 Å². The van der Waals surface area contributed by atoms with Crippen molar-refractivity contribution in [2.24, 2.45) is 5.10 Å². The van der Waals surface area contributed by atoms with Crippen LogP contribution < -0.4 is 14.8 Å². The quantitative estimate of drug-likeness (QED) is 0.737. The zero-order chi connectivity index (χ0) is 22.2. The first-order valence-corrected chi connectivity index (χ1v) is 9.66. The summed E-state index contributed by atoms with van der Waals surface area (Å²) in [4.78, 5) is 37.2. The molecule has 2 aliphatic rings. The molecule has 0 aliphatic carbocycles. The van der Waals surface area contributed by atoms with Crippen molar-refractivity contribution in [1.82, 2.24) is 5.01 Å². The van der Waals surface area contributed by atoms with Crippen LogP contribution in [0.1, 0.15) is 30.4 Å². The number of hydrazone groups is 1. The van der Waals surface area contributed by atoms with E-state index in [4.69, 9.17) is 14.6 Å². The first kappa shape index (κ1) is 20.4. The minimum atomic E-state index is -1.37. The van der Waals surface area contributed by atoms with E-state index in [-0.39, 0.29) is 25.2 Å². The molecule has 0 aromatic heterocycles. The molecule has 2 aromatic carbocycles. The summed E-state index contributed by atoms with van der Waals surface area (Å²) in [5.41, 5.74) is 1.05. The third-order valence-corrected chi connectivity index (χ3v) is 5.51. The molecule has 0 bridgehead atoms. The van der Waals surface area contributed by atoms with Gasteiger partial charge in [0.2, 0.25) is 5.91 Å². The fourth-order valence-electron chi connectivity index (χ4n) is 4.01.